The van der Waals surface area contributed by atoms with Crippen LogP contribution >= 0.6 is 11.3 Å². The van der Waals surface area contributed by atoms with Gasteiger partial charge in [0, 0.05) is 0 Å². The number of rotatable bonds is 2. The van der Waals surface area contributed by atoms with Crippen molar-refractivity contribution in [1.29, 1.82) is 0 Å². The van der Waals surface area contributed by atoms with Crippen LogP contribution in [-0.4, -0.2) is 5.11 Å². The number of aliphatic hydroxyl groups excluding tert-OH is 1. The third-order valence-electron chi connectivity index (χ3n) is 2.87. The number of hydrogen-bond acceptors (Lipinski definition) is 2. The summed E-state index contributed by atoms with van der Waals surface area (Å²) in [4.78, 5) is 0. The van der Waals surface area contributed by atoms with E-state index in [1.54, 1.807) is 11.3 Å². The molecule has 2 aromatic rings. The lowest BCUT2D eigenvalue weighted by atomic mass is 9.93. The van der Waals surface area contributed by atoms with Gasteiger partial charge in [0.1, 0.15) is 6.10 Å². The average molecular weight is 232 g/mol. The molecule has 84 valence electrons. The molecular formula is C14H16OS. The van der Waals surface area contributed by atoms with Crippen molar-refractivity contribution in [1.82, 2.24) is 0 Å². The Hall–Kier alpha value is -1.12. The average Bonchev–Trinajstić information content (AvgIpc) is 2.67. The Morgan fingerprint density at radius 1 is 1.12 bits per heavy atom. The van der Waals surface area contributed by atoms with Crippen molar-refractivity contribution in [2.75, 3.05) is 0 Å². The largest absolute Gasteiger partial charge is 0.384 e. The monoisotopic (exact) mass is 232 g/mol. The van der Waals surface area contributed by atoms with Gasteiger partial charge in [0.25, 0.3) is 0 Å². The maximum atomic E-state index is 10.3. The summed E-state index contributed by atoms with van der Waals surface area (Å²) in [5, 5.41) is 14.3. The maximum Gasteiger partial charge on any atom is 0.105 e. The fourth-order valence-corrected chi connectivity index (χ4v) is 2.90. The molecule has 1 heterocycles. The summed E-state index contributed by atoms with van der Waals surface area (Å²) in [5.41, 5.74) is 5.60. The van der Waals surface area contributed by atoms with Crippen LogP contribution in [0.15, 0.2) is 29.0 Å². The van der Waals surface area contributed by atoms with Crippen LogP contribution < -0.4 is 0 Å². The molecule has 1 atom stereocenters. The molecule has 0 saturated carbocycles. The molecule has 0 aliphatic rings. The lowest BCUT2D eigenvalue weighted by Gasteiger charge is -2.16. The molecule has 0 radical (unpaired) electrons. The van der Waals surface area contributed by atoms with E-state index in [1.807, 2.05) is 16.8 Å². The zero-order valence-corrected chi connectivity index (χ0v) is 10.6. The second kappa shape index (κ2) is 4.40. The van der Waals surface area contributed by atoms with Crippen molar-refractivity contribution >= 4 is 11.3 Å². The minimum atomic E-state index is -0.494. The number of benzene rings is 1. The fraction of sp³-hybridized carbons (Fsp3) is 0.286. The molecule has 0 saturated heterocycles. The fourth-order valence-electron chi connectivity index (χ4n) is 2.22. The van der Waals surface area contributed by atoms with E-state index in [0.29, 0.717) is 0 Å². The smallest absolute Gasteiger partial charge is 0.105 e. The summed E-state index contributed by atoms with van der Waals surface area (Å²) in [6, 6.07) is 6.23. The van der Waals surface area contributed by atoms with E-state index in [4.69, 9.17) is 0 Å². The van der Waals surface area contributed by atoms with Gasteiger partial charge in [-0.3, -0.25) is 0 Å². The lowest BCUT2D eigenvalue weighted by molar-refractivity contribution is 0.219. The molecule has 2 rings (SSSR count). The minimum Gasteiger partial charge on any atom is -0.384 e. The second-order valence-corrected chi connectivity index (χ2v) is 5.05. The number of aryl methyl sites for hydroxylation is 3. The van der Waals surface area contributed by atoms with Crippen molar-refractivity contribution < 1.29 is 5.11 Å². The molecule has 0 spiro atoms. The molecule has 1 nitrogen and oxygen atoms in total. The van der Waals surface area contributed by atoms with Crippen molar-refractivity contribution in [3.63, 3.8) is 0 Å². The van der Waals surface area contributed by atoms with E-state index in [2.05, 4.69) is 32.9 Å². The molecule has 0 fully saturated rings. The highest BCUT2D eigenvalue weighted by Crippen LogP contribution is 2.29. The Bertz CT molecular complexity index is 462. The molecule has 1 N–H and O–H groups in total. The van der Waals surface area contributed by atoms with Crippen LogP contribution in [0.25, 0.3) is 0 Å². The first-order valence-electron chi connectivity index (χ1n) is 5.37. The van der Waals surface area contributed by atoms with Gasteiger partial charge in [-0.05, 0) is 59.9 Å². The van der Waals surface area contributed by atoms with E-state index in [0.717, 1.165) is 22.3 Å². The number of hydrogen-bond donors (Lipinski definition) is 1. The third-order valence-corrected chi connectivity index (χ3v) is 3.57. The Kier molecular flexibility index (Phi) is 3.13. The minimum absolute atomic E-state index is 0.494. The van der Waals surface area contributed by atoms with Crippen molar-refractivity contribution in [3.8, 4) is 0 Å². The number of aliphatic hydroxyl groups is 1. The van der Waals surface area contributed by atoms with Gasteiger partial charge in [0.05, 0.1) is 0 Å². The Morgan fingerprint density at radius 3 is 2.25 bits per heavy atom. The van der Waals surface area contributed by atoms with Crippen LogP contribution in [0.3, 0.4) is 0 Å². The van der Waals surface area contributed by atoms with Gasteiger partial charge in [-0.2, -0.15) is 11.3 Å². The van der Waals surface area contributed by atoms with Gasteiger partial charge in [-0.1, -0.05) is 17.7 Å². The summed E-state index contributed by atoms with van der Waals surface area (Å²) in [5.74, 6) is 0. The first kappa shape index (κ1) is 11.4. The topological polar surface area (TPSA) is 20.2 Å². The van der Waals surface area contributed by atoms with Gasteiger partial charge in [-0.25, -0.2) is 0 Å². The molecule has 1 unspecified atom stereocenters. The first-order valence-corrected chi connectivity index (χ1v) is 6.32. The van der Waals surface area contributed by atoms with Gasteiger partial charge >= 0.3 is 0 Å². The highest BCUT2D eigenvalue weighted by molar-refractivity contribution is 7.07. The molecule has 0 bridgehead atoms. The van der Waals surface area contributed by atoms with Crippen LogP contribution in [0.2, 0.25) is 0 Å². The zero-order chi connectivity index (χ0) is 11.7. The van der Waals surface area contributed by atoms with E-state index in [1.165, 1.54) is 5.56 Å². The normalized spacial score (nSPS) is 12.8. The quantitative estimate of drug-likeness (QED) is 0.836. The molecule has 1 aromatic heterocycles. The second-order valence-electron chi connectivity index (χ2n) is 4.27. The van der Waals surface area contributed by atoms with Gasteiger partial charge in [0.15, 0.2) is 0 Å². The van der Waals surface area contributed by atoms with Gasteiger partial charge in [-0.15, -0.1) is 0 Å². The lowest BCUT2D eigenvalue weighted by Crippen LogP contribution is -2.04. The van der Waals surface area contributed by atoms with Crippen LogP contribution in [0.1, 0.15) is 33.9 Å². The Morgan fingerprint density at radius 2 is 1.75 bits per heavy atom. The van der Waals surface area contributed by atoms with E-state index in [9.17, 15) is 5.11 Å². The molecule has 16 heavy (non-hydrogen) atoms. The van der Waals surface area contributed by atoms with Crippen LogP contribution in [-0.2, 0) is 0 Å². The molecule has 1 aromatic carbocycles. The predicted molar refractivity (Wildman–Crippen MR) is 69.0 cm³/mol. The third kappa shape index (κ3) is 2.04. The molecule has 0 aliphatic heterocycles. The summed E-state index contributed by atoms with van der Waals surface area (Å²) < 4.78 is 0. The first-order chi connectivity index (χ1) is 7.59. The molecule has 2 heteroatoms. The number of thiophene rings is 1. The van der Waals surface area contributed by atoms with Gasteiger partial charge in [0.2, 0.25) is 0 Å². The van der Waals surface area contributed by atoms with Crippen LogP contribution in [0, 0.1) is 20.8 Å². The van der Waals surface area contributed by atoms with E-state index in [-0.39, 0.29) is 0 Å². The van der Waals surface area contributed by atoms with Gasteiger partial charge < -0.3 is 5.11 Å². The van der Waals surface area contributed by atoms with Crippen molar-refractivity contribution in [3.05, 3.63) is 56.8 Å². The Labute approximate surface area is 100 Å². The molecule has 0 aliphatic carbocycles. The van der Waals surface area contributed by atoms with Crippen LogP contribution in [0.5, 0.6) is 0 Å². The summed E-state index contributed by atoms with van der Waals surface area (Å²) >= 11 is 1.62. The summed E-state index contributed by atoms with van der Waals surface area (Å²) in [6.07, 6.45) is -0.494. The highest BCUT2D eigenvalue weighted by atomic mass is 32.1. The maximum absolute atomic E-state index is 10.3. The zero-order valence-electron chi connectivity index (χ0n) is 9.82. The molecular weight excluding hydrogens is 216 g/mol. The van der Waals surface area contributed by atoms with Crippen LogP contribution in [0.4, 0.5) is 0 Å². The standard InChI is InChI=1S/C14H16OS/c1-9-6-10(2)13(11(3)7-9)14(15)12-4-5-16-8-12/h4-8,14-15H,1-3H3. The van der Waals surface area contributed by atoms with Crippen molar-refractivity contribution in [2.24, 2.45) is 0 Å². The SMILES string of the molecule is Cc1cc(C)c(C(O)c2ccsc2)c(C)c1. The Balaban J connectivity index is 2.48. The highest BCUT2D eigenvalue weighted by Gasteiger charge is 2.15. The van der Waals surface area contributed by atoms with E-state index < -0.39 is 6.10 Å². The molecule has 0 amide bonds. The summed E-state index contributed by atoms with van der Waals surface area (Å²) in [7, 11) is 0. The summed E-state index contributed by atoms with van der Waals surface area (Å²) in [6.45, 7) is 6.20. The van der Waals surface area contributed by atoms with E-state index >= 15 is 0 Å². The predicted octanol–water partition coefficient (Wildman–Crippen LogP) is 3.76. The van der Waals surface area contributed by atoms with Crippen molar-refractivity contribution in [2.45, 2.75) is 26.9 Å².